The van der Waals surface area contributed by atoms with Gasteiger partial charge in [0.25, 0.3) is 0 Å². The molecule has 0 aliphatic carbocycles. The van der Waals surface area contributed by atoms with Gasteiger partial charge in [-0.2, -0.15) is 0 Å². The van der Waals surface area contributed by atoms with Gasteiger partial charge in [0.15, 0.2) is 0 Å². The van der Waals surface area contributed by atoms with Crippen LogP contribution in [0.2, 0.25) is 0 Å². The molecule has 4 nitrogen and oxygen atoms in total. The molecule has 6 heteroatoms. The minimum Gasteiger partial charge on any atom is -0.370 e. The molecule has 0 rings (SSSR count). The maximum atomic E-state index is 10.3. The predicted octanol–water partition coefficient (Wildman–Crippen LogP) is -0.0108. The summed E-state index contributed by atoms with van der Waals surface area (Å²) in [4.78, 5) is 20.1. The lowest BCUT2D eigenvalue weighted by Crippen LogP contribution is -2.13. The molecule has 0 aliphatic heterocycles. The van der Waals surface area contributed by atoms with Crippen LogP contribution >= 0.6 is 21.6 Å². The normalized spacial score (nSPS) is 9.33. The lowest BCUT2D eigenvalue weighted by molar-refractivity contribution is -0.117. The second kappa shape index (κ2) is 8.73. The Morgan fingerprint density at radius 2 is 2.08 bits per heavy atom. The lowest BCUT2D eigenvalue weighted by atomic mass is 10.5. The van der Waals surface area contributed by atoms with Crippen molar-refractivity contribution in [2.24, 2.45) is 5.73 Å². The second-order valence-electron chi connectivity index (χ2n) is 1.93. The van der Waals surface area contributed by atoms with Gasteiger partial charge in [0, 0.05) is 24.5 Å². The molecular formula is C6H12N2O2S2. The summed E-state index contributed by atoms with van der Waals surface area (Å²) in [5.41, 5.74) is 4.93. The first kappa shape index (κ1) is 11.6. The van der Waals surface area contributed by atoms with Crippen LogP contribution in [0.15, 0.2) is 0 Å². The van der Waals surface area contributed by atoms with Gasteiger partial charge in [0.05, 0.1) is 0 Å². The highest BCUT2D eigenvalue weighted by atomic mass is 33.1. The molecule has 2 amide bonds. The van der Waals surface area contributed by atoms with E-state index in [9.17, 15) is 9.59 Å². The minimum absolute atomic E-state index is 0.269. The number of nitrogens with two attached hydrogens (primary N) is 1. The van der Waals surface area contributed by atoms with E-state index in [1.807, 2.05) is 0 Å². The predicted molar refractivity (Wildman–Crippen MR) is 52.8 cm³/mol. The van der Waals surface area contributed by atoms with Crippen molar-refractivity contribution >= 4 is 33.9 Å². The fraction of sp³-hybridized carbons (Fsp3) is 0.667. The summed E-state index contributed by atoms with van der Waals surface area (Å²) >= 11 is 0. The second-order valence-corrected chi connectivity index (χ2v) is 4.63. The summed E-state index contributed by atoms with van der Waals surface area (Å²) in [6, 6.07) is 0. The zero-order valence-electron chi connectivity index (χ0n) is 6.62. The molecule has 0 fully saturated rings. The molecule has 0 saturated carbocycles. The number of rotatable bonds is 8. The van der Waals surface area contributed by atoms with Crippen LogP contribution in [0, 0.1) is 0 Å². The van der Waals surface area contributed by atoms with Crippen LogP contribution in [0.5, 0.6) is 0 Å². The van der Waals surface area contributed by atoms with E-state index in [1.165, 1.54) is 0 Å². The Hall–Kier alpha value is -0.360. The van der Waals surface area contributed by atoms with Gasteiger partial charge in [0.1, 0.15) is 0 Å². The number of amides is 2. The Morgan fingerprint density at radius 1 is 1.42 bits per heavy atom. The van der Waals surface area contributed by atoms with Gasteiger partial charge in [-0.3, -0.25) is 9.59 Å². The fourth-order valence-electron chi connectivity index (χ4n) is 0.420. The number of nitrogens with one attached hydrogen (secondary N) is 1. The molecule has 70 valence electrons. The number of carbonyl (C=O) groups is 2. The van der Waals surface area contributed by atoms with Crippen molar-refractivity contribution < 1.29 is 9.59 Å². The molecule has 12 heavy (non-hydrogen) atoms. The Morgan fingerprint density at radius 3 is 2.67 bits per heavy atom. The summed E-state index contributed by atoms with van der Waals surface area (Å²) in [6.07, 6.45) is 1.09. The van der Waals surface area contributed by atoms with E-state index in [1.54, 1.807) is 21.6 Å². The van der Waals surface area contributed by atoms with Crippen molar-refractivity contribution in [2.75, 3.05) is 18.1 Å². The largest absolute Gasteiger partial charge is 0.370 e. The van der Waals surface area contributed by atoms with Gasteiger partial charge in [-0.25, -0.2) is 0 Å². The van der Waals surface area contributed by atoms with Crippen LogP contribution in [-0.2, 0) is 9.59 Å². The molecule has 0 atom stereocenters. The van der Waals surface area contributed by atoms with E-state index in [4.69, 9.17) is 5.73 Å². The highest BCUT2D eigenvalue weighted by Crippen LogP contribution is 2.20. The zero-order valence-corrected chi connectivity index (χ0v) is 8.25. The van der Waals surface area contributed by atoms with Gasteiger partial charge in [-0.15, -0.1) is 0 Å². The van der Waals surface area contributed by atoms with E-state index in [0.717, 1.165) is 11.5 Å². The molecule has 0 aromatic heterocycles. The summed E-state index contributed by atoms with van der Waals surface area (Å²) in [5.74, 6) is 1.32. The average molecular weight is 208 g/mol. The van der Waals surface area contributed by atoms with E-state index < -0.39 is 0 Å². The monoisotopic (exact) mass is 208 g/mol. The first-order chi connectivity index (χ1) is 5.77. The third-order valence-corrected chi connectivity index (χ3v) is 3.34. The fourth-order valence-corrected chi connectivity index (χ4v) is 2.35. The summed E-state index contributed by atoms with van der Waals surface area (Å²) in [5, 5.41) is 2.54. The van der Waals surface area contributed by atoms with Gasteiger partial charge in [-0.1, -0.05) is 21.6 Å². The summed E-state index contributed by atoms with van der Waals surface area (Å²) in [6.45, 7) is 0.664. The molecule has 0 spiro atoms. The van der Waals surface area contributed by atoms with Gasteiger partial charge >= 0.3 is 0 Å². The molecule has 0 heterocycles. The van der Waals surface area contributed by atoms with Crippen molar-refractivity contribution in [3.8, 4) is 0 Å². The Labute approximate surface area is 79.4 Å². The van der Waals surface area contributed by atoms with Gasteiger partial charge in [-0.05, 0) is 0 Å². The molecular weight excluding hydrogens is 196 g/mol. The van der Waals surface area contributed by atoms with Crippen LogP contribution in [0.1, 0.15) is 6.42 Å². The number of hydrogen-bond donors (Lipinski definition) is 2. The van der Waals surface area contributed by atoms with Crippen molar-refractivity contribution in [3.05, 3.63) is 0 Å². The van der Waals surface area contributed by atoms with Crippen LogP contribution in [-0.4, -0.2) is 30.4 Å². The Bertz CT molecular complexity index is 144. The first-order valence-corrected chi connectivity index (χ1v) is 5.96. The molecule has 0 aliphatic rings. The maximum absolute atomic E-state index is 10.3. The van der Waals surface area contributed by atoms with Crippen molar-refractivity contribution in [1.82, 2.24) is 5.32 Å². The van der Waals surface area contributed by atoms with Crippen LogP contribution < -0.4 is 11.1 Å². The number of hydrogen-bond acceptors (Lipinski definition) is 4. The standard InChI is InChI=1S/C6H12N2O2S2/c7-6(10)1-3-11-12-4-2-8-5-9/h5H,1-4H2,(H2,7,10)(H,8,9). The van der Waals surface area contributed by atoms with Crippen LogP contribution in [0.3, 0.4) is 0 Å². The SMILES string of the molecule is NC(=O)CCSSCCNC=O. The van der Waals surface area contributed by atoms with Gasteiger partial charge in [0.2, 0.25) is 12.3 Å². The topological polar surface area (TPSA) is 72.2 Å². The quantitative estimate of drug-likeness (QED) is 0.334. The lowest BCUT2D eigenvalue weighted by Gasteiger charge is -1.98. The Balaban J connectivity index is 2.90. The smallest absolute Gasteiger partial charge is 0.218 e. The first-order valence-electron chi connectivity index (χ1n) is 3.47. The van der Waals surface area contributed by atoms with Crippen molar-refractivity contribution in [3.63, 3.8) is 0 Å². The number of carbonyl (C=O) groups excluding carboxylic acids is 2. The van der Waals surface area contributed by atoms with Crippen LogP contribution in [0.4, 0.5) is 0 Å². The molecule has 0 aromatic carbocycles. The average Bonchev–Trinajstić information content (AvgIpc) is 2.02. The Kier molecular flexibility index (Phi) is 8.47. The van der Waals surface area contributed by atoms with E-state index in [0.29, 0.717) is 19.4 Å². The van der Waals surface area contributed by atoms with Gasteiger partial charge < -0.3 is 11.1 Å². The molecule has 0 aromatic rings. The highest BCUT2D eigenvalue weighted by molar-refractivity contribution is 8.76. The minimum atomic E-state index is -0.269. The van der Waals surface area contributed by atoms with E-state index >= 15 is 0 Å². The molecule has 0 saturated heterocycles. The summed E-state index contributed by atoms with van der Waals surface area (Å²) < 4.78 is 0. The van der Waals surface area contributed by atoms with Crippen LogP contribution in [0.25, 0.3) is 0 Å². The molecule has 0 unspecified atom stereocenters. The zero-order chi connectivity index (χ0) is 9.23. The molecule has 0 bridgehead atoms. The maximum Gasteiger partial charge on any atom is 0.218 e. The third-order valence-electron chi connectivity index (χ3n) is 0.928. The van der Waals surface area contributed by atoms with Crippen molar-refractivity contribution in [2.45, 2.75) is 6.42 Å². The highest BCUT2D eigenvalue weighted by Gasteiger charge is 1.94. The summed E-state index contributed by atoms with van der Waals surface area (Å²) in [7, 11) is 3.21. The van der Waals surface area contributed by atoms with E-state index in [2.05, 4.69) is 5.32 Å². The molecule has 0 radical (unpaired) electrons. The van der Waals surface area contributed by atoms with Crippen molar-refractivity contribution in [1.29, 1.82) is 0 Å². The van der Waals surface area contributed by atoms with E-state index in [-0.39, 0.29) is 5.91 Å². The number of primary amides is 1. The third kappa shape index (κ3) is 9.64. The molecule has 3 N–H and O–H groups in total.